The van der Waals surface area contributed by atoms with Crippen molar-refractivity contribution >= 4 is 12.0 Å². The van der Waals surface area contributed by atoms with Crippen LogP contribution in [-0.2, 0) is 4.79 Å². The molecule has 2 amide bonds. The van der Waals surface area contributed by atoms with Crippen molar-refractivity contribution in [1.29, 1.82) is 0 Å². The SMILES string of the molecule is CC#CCCNC(=O)NCC1(CC(=O)O)CCC1. The number of hydrogen-bond donors (Lipinski definition) is 3. The molecule has 1 fully saturated rings. The van der Waals surface area contributed by atoms with E-state index in [0.29, 0.717) is 19.5 Å². The van der Waals surface area contributed by atoms with Gasteiger partial charge in [-0.3, -0.25) is 4.79 Å². The predicted octanol–water partition coefficient (Wildman–Crippen LogP) is 1.34. The Bertz CT molecular complexity index is 364. The molecule has 100 valence electrons. The zero-order chi connectivity index (χ0) is 13.4. The van der Waals surface area contributed by atoms with Gasteiger partial charge in [-0.15, -0.1) is 11.8 Å². The summed E-state index contributed by atoms with van der Waals surface area (Å²) in [6.07, 6.45) is 3.56. The molecule has 1 aliphatic rings. The molecule has 3 N–H and O–H groups in total. The van der Waals surface area contributed by atoms with E-state index in [2.05, 4.69) is 22.5 Å². The molecule has 5 nitrogen and oxygen atoms in total. The van der Waals surface area contributed by atoms with Gasteiger partial charge in [-0.05, 0) is 25.2 Å². The van der Waals surface area contributed by atoms with Crippen molar-refractivity contribution in [3.05, 3.63) is 0 Å². The summed E-state index contributed by atoms with van der Waals surface area (Å²) in [5, 5.41) is 14.3. The van der Waals surface area contributed by atoms with Gasteiger partial charge >= 0.3 is 12.0 Å². The summed E-state index contributed by atoms with van der Waals surface area (Å²) < 4.78 is 0. The molecule has 0 heterocycles. The van der Waals surface area contributed by atoms with Crippen molar-refractivity contribution in [3.8, 4) is 11.8 Å². The highest BCUT2D eigenvalue weighted by atomic mass is 16.4. The lowest BCUT2D eigenvalue weighted by molar-refractivity contribution is -0.141. The van der Waals surface area contributed by atoms with Crippen LogP contribution in [0.25, 0.3) is 0 Å². The first kappa shape index (κ1) is 14.4. The molecule has 0 unspecified atom stereocenters. The van der Waals surface area contributed by atoms with Gasteiger partial charge in [0.25, 0.3) is 0 Å². The minimum absolute atomic E-state index is 0.134. The highest BCUT2D eigenvalue weighted by molar-refractivity contribution is 5.74. The summed E-state index contributed by atoms with van der Waals surface area (Å²) in [6, 6.07) is -0.246. The van der Waals surface area contributed by atoms with Crippen LogP contribution in [-0.4, -0.2) is 30.2 Å². The first-order valence-corrected chi connectivity index (χ1v) is 6.21. The molecule has 0 radical (unpaired) electrons. The molecule has 0 aromatic heterocycles. The number of urea groups is 1. The number of carbonyl (C=O) groups is 2. The fourth-order valence-electron chi connectivity index (χ4n) is 2.11. The molecular formula is C13H20N2O3. The van der Waals surface area contributed by atoms with Gasteiger partial charge in [0, 0.05) is 19.5 Å². The second-order valence-corrected chi connectivity index (χ2v) is 4.71. The summed E-state index contributed by atoms with van der Waals surface area (Å²) >= 11 is 0. The van der Waals surface area contributed by atoms with Gasteiger partial charge in [0.15, 0.2) is 0 Å². The standard InChI is InChI=1S/C13H20N2O3/c1-2-3-4-8-14-12(18)15-10-13(6-5-7-13)9-11(16)17/h4-10H2,1H3,(H,16,17)(H2,14,15,18). The third kappa shape index (κ3) is 4.66. The molecule has 0 aromatic rings. The lowest BCUT2D eigenvalue weighted by Gasteiger charge is -2.40. The molecule has 1 aliphatic carbocycles. The van der Waals surface area contributed by atoms with Gasteiger partial charge in [-0.1, -0.05) is 6.42 Å². The normalized spacial score (nSPS) is 15.8. The van der Waals surface area contributed by atoms with Crippen LogP contribution in [0, 0.1) is 17.3 Å². The molecule has 1 saturated carbocycles. The fourth-order valence-corrected chi connectivity index (χ4v) is 2.11. The smallest absolute Gasteiger partial charge is 0.314 e. The average molecular weight is 252 g/mol. The Balaban J connectivity index is 2.23. The Morgan fingerprint density at radius 2 is 2.06 bits per heavy atom. The van der Waals surface area contributed by atoms with E-state index in [1.807, 2.05) is 0 Å². The number of nitrogens with one attached hydrogen (secondary N) is 2. The largest absolute Gasteiger partial charge is 0.481 e. The molecule has 0 bridgehead atoms. The molecule has 5 heteroatoms. The van der Waals surface area contributed by atoms with Crippen LogP contribution in [0.4, 0.5) is 4.79 Å². The van der Waals surface area contributed by atoms with Crippen LogP contribution >= 0.6 is 0 Å². The second kappa shape index (κ2) is 6.90. The van der Waals surface area contributed by atoms with Gasteiger partial charge in [0.1, 0.15) is 0 Å². The molecule has 0 saturated heterocycles. The maximum atomic E-state index is 11.5. The average Bonchev–Trinajstić information content (AvgIpc) is 2.27. The van der Waals surface area contributed by atoms with E-state index < -0.39 is 5.97 Å². The topological polar surface area (TPSA) is 78.4 Å². The van der Waals surface area contributed by atoms with E-state index in [4.69, 9.17) is 5.11 Å². The molecule has 0 atom stereocenters. The van der Waals surface area contributed by atoms with Gasteiger partial charge < -0.3 is 15.7 Å². The second-order valence-electron chi connectivity index (χ2n) is 4.71. The number of carboxylic acid groups (broad SMARTS) is 1. The fraction of sp³-hybridized carbons (Fsp3) is 0.692. The Morgan fingerprint density at radius 3 is 2.56 bits per heavy atom. The zero-order valence-corrected chi connectivity index (χ0v) is 10.7. The summed E-state index contributed by atoms with van der Waals surface area (Å²) in [5.74, 6) is 4.81. The monoisotopic (exact) mass is 252 g/mol. The van der Waals surface area contributed by atoms with Crippen molar-refractivity contribution in [2.45, 2.75) is 39.0 Å². The quantitative estimate of drug-likeness (QED) is 0.493. The maximum absolute atomic E-state index is 11.5. The third-order valence-corrected chi connectivity index (χ3v) is 3.28. The minimum Gasteiger partial charge on any atom is -0.481 e. The Morgan fingerprint density at radius 1 is 1.33 bits per heavy atom. The van der Waals surface area contributed by atoms with Crippen molar-refractivity contribution in [2.24, 2.45) is 5.41 Å². The first-order chi connectivity index (χ1) is 8.58. The van der Waals surface area contributed by atoms with Gasteiger partial charge in [-0.2, -0.15) is 0 Å². The highest BCUT2D eigenvalue weighted by Crippen LogP contribution is 2.43. The lowest BCUT2D eigenvalue weighted by atomic mass is 9.66. The highest BCUT2D eigenvalue weighted by Gasteiger charge is 2.39. The van der Waals surface area contributed by atoms with Crippen LogP contribution in [0.2, 0.25) is 0 Å². The summed E-state index contributed by atoms with van der Waals surface area (Å²) in [6.45, 7) is 2.70. The first-order valence-electron chi connectivity index (χ1n) is 6.21. The molecule has 18 heavy (non-hydrogen) atoms. The van der Waals surface area contributed by atoms with Crippen molar-refractivity contribution in [1.82, 2.24) is 10.6 Å². The van der Waals surface area contributed by atoms with Gasteiger partial charge in [-0.25, -0.2) is 4.79 Å². The zero-order valence-electron chi connectivity index (χ0n) is 10.7. The van der Waals surface area contributed by atoms with Crippen molar-refractivity contribution in [3.63, 3.8) is 0 Å². The van der Waals surface area contributed by atoms with Crippen LogP contribution in [0.15, 0.2) is 0 Å². The summed E-state index contributed by atoms with van der Waals surface area (Å²) in [5.41, 5.74) is -0.230. The van der Waals surface area contributed by atoms with E-state index in [1.165, 1.54) is 0 Å². The van der Waals surface area contributed by atoms with E-state index in [-0.39, 0.29) is 17.9 Å². The Kier molecular flexibility index (Phi) is 5.50. The van der Waals surface area contributed by atoms with Gasteiger partial charge in [0.05, 0.1) is 6.42 Å². The number of amides is 2. The minimum atomic E-state index is -0.796. The lowest BCUT2D eigenvalue weighted by Crippen LogP contribution is -2.46. The molecule has 0 aromatic carbocycles. The van der Waals surface area contributed by atoms with E-state index in [1.54, 1.807) is 6.92 Å². The number of aliphatic carboxylic acids is 1. The van der Waals surface area contributed by atoms with E-state index in [9.17, 15) is 9.59 Å². The van der Waals surface area contributed by atoms with E-state index >= 15 is 0 Å². The predicted molar refractivity (Wildman–Crippen MR) is 68.0 cm³/mol. The van der Waals surface area contributed by atoms with Crippen molar-refractivity contribution in [2.75, 3.05) is 13.1 Å². The van der Waals surface area contributed by atoms with Crippen LogP contribution in [0.1, 0.15) is 39.0 Å². The maximum Gasteiger partial charge on any atom is 0.314 e. The number of rotatable bonds is 6. The van der Waals surface area contributed by atoms with Gasteiger partial charge in [0.2, 0.25) is 0 Å². The Labute approximate surface area is 107 Å². The van der Waals surface area contributed by atoms with Crippen molar-refractivity contribution < 1.29 is 14.7 Å². The Hall–Kier alpha value is -1.70. The number of carbonyl (C=O) groups excluding carboxylic acids is 1. The summed E-state index contributed by atoms with van der Waals surface area (Å²) in [4.78, 5) is 22.2. The molecular weight excluding hydrogens is 232 g/mol. The molecule has 0 spiro atoms. The number of carboxylic acids is 1. The van der Waals surface area contributed by atoms with E-state index in [0.717, 1.165) is 19.3 Å². The van der Waals surface area contributed by atoms with Crippen LogP contribution < -0.4 is 10.6 Å². The molecule has 1 rings (SSSR count). The summed E-state index contributed by atoms with van der Waals surface area (Å²) in [7, 11) is 0. The third-order valence-electron chi connectivity index (χ3n) is 3.28. The van der Waals surface area contributed by atoms with Crippen LogP contribution in [0.5, 0.6) is 0 Å². The number of hydrogen-bond acceptors (Lipinski definition) is 2. The molecule has 0 aliphatic heterocycles. The van der Waals surface area contributed by atoms with Crippen LogP contribution in [0.3, 0.4) is 0 Å².